The Morgan fingerprint density at radius 2 is 1.86 bits per heavy atom. The summed E-state index contributed by atoms with van der Waals surface area (Å²) in [5.41, 5.74) is 2.74. The number of benzene rings is 3. The third-order valence-electron chi connectivity index (χ3n) is 4.61. The first kappa shape index (κ1) is 19.2. The number of nitrogens with zero attached hydrogens (tertiary/aromatic N) is 1. The molecule has 0 amide bonds. The number of carbonyl (C=O) groups is 2. The van der Waals surface area contributed by atoms with Crippen LogP contribution in [0, 0.1) is 0 Å². The van der Waals surface area contributed by atoms with Crippen LogP contribution in [-0.2, 0) is 16.1 Å². The van der Waals surface area contributed by atoms with Crippen molar-refractivity contribution < 1.29 is 19.4 Å². The SMILES string of the molecule is C/C(=C\c1ccc(N(C)Cc2cccc3ccccc23)cc1OC=O)C(=O)O. The lowest BCUT2D eigenvalue weighted by atomic mass is 10.0. The predicted octanol–water partition coefficient (Wildman–Crippen LogP) is 4.50. The maximum Gasteiger partial charge on any atom is 0.331 e. The highest BCUT2D eigenvalue weighted by Gasteiger charge is 2.11. The van der Waals surface area contributed by atoms with E-state index in [1.54, 1.807) is 12.1 Å². The average Bonchev–Trinajstić information content (AvgIpc) is 2.69. The van der Waals surface area contributed by atoms with Gasteiger partial charge in [0, 0.05) is 36.5 Å². The molecular formula is C23H21NO4. The summed E-state index contributed by atoms with van der Waals surface area (Å²) in [6.07, 6.45) is 1.48. The number of rotatable bonds is 7. The minimum Gasteiger partial charge on any atom is -0.478 e. The molecule has 0 aliphatic carbocycles. The minimum atomic E-state index is -1.02. The summed E-state index contributed by atoms with van der Waals surface area (Å²) in [6, 6.07) is 19.8. The van der Waals surface area contributed by atoms with E-state index in [9.17, 15) is 9.59 Å². The van der Waals surface area contributed by atoms with Crippen molar-refractivity contribution >= 4 is 35.0 Å². The molecule has 0 heterocycles. The van der Waals surface area contributed by atoms with Gasteiger partial charge in [-0.2, -0.15) is 0 Å². The van der Waals surface area contributed by atoms with Gasteiger partial charge in [-0.1, -0.05) is 42.5 Å². The Bertz CT molecular complexity index is 1050. The van der Waals surface area contributed by atoms with Gasteiger partial charge in [-0.25, -0.2) is 4.79 Å². The summed E-state index contributed by atoms with van der Waals surface area (Å²) in [5, 5.41) is 11.4. The van der Waals surface area contributed by atoms with Gasteiger partial charge >= 0.3 is 5.97 Å². The minimum absolute atomic E-state index is 0.160. The molecule has 28 heavy (non-hydrogen) atoms. The van der Waals surface area contributed by atoms with E-state index in [0.29, 0.717) is 24.3 Å². The monoisotopic (exact) mass is 375 g/mol. The number of aliphatic carboxylic acids is 1. The molecule has 0 bridgehead atoms. The summed E-state index contributed by atoms with van der Waals surface area (Å²) < 4.78 is 5.08. The Balaban J connectivity index is 1.92. The van der Waals surface area contributed by atoms with E-state index in [-0.39, 0.29) is 5.57 Å². The van der Waals surface area contributed by atoms with E-state index in [4.69, 9.17) is 9.84 Å². The molecule has 0 fully saturated rings. The van der Waals surface area contributed by atoms with Crippen molar-refractivity contribution in [2.75, 3.05) is 11.9 Å². The highest BCUT2D eigenvalue weighted by molar-refractivity contribution is 5.92. The van der Waals surface area contributed by atoms with Crippen LogP contribution in [0.25, 0.3) is 16.8 Å². The Morgan fingerprint density at radius 1 is 1.11 bits per heavy atom. The van der Waals surface area contributed by atoms with Crippen LogP contribution in [0.1, 0.15) is 18.1 Å². The molecule has 5 heteroatoms. The highest BCUT2D eigenvalue weighted by atomic mass is 16.5. The van der Waals surface area contributed by atoms with Crippen molar-refractivity contribution in [3.63, 3.8) is 0 Å². The fourth-order valence-corrected chi connectivity index (χ4v) is 3.11. The van der Waals surface area contributed by atoms with Crippen LogP contribution in [0.15, 0.2) is 66.2 Å². The van der Waals surface area contributed by atoms with Crippen molar-refractivity contribution in [3.8, 4) is 5.75 Å². The largest absolute Gasteiger partial charge is 0.478 e. The second-order valence-corrected chi connectivity index (χ2v) is 6.56. The number of carbonyl (C=O) groups excluding carboxylic acids is 1. The van der Waals surface area contributed by atoms with Gasteiger partial charge in [-0.05, 0) is 41.5 Å². The fourth-order valence-electron chi connectivity index (χ4n) is 3.11. The molecule has 0 saturated heterocycles. The summed E-state index contributed by atoms with van der Waals surface area (Å²) >= 11 is 0. The van der Waals surface area contributed by atoms with Gasteiger partial charge in [0.05, 0.1) is 0 Å². The molecule has 0 unspecified atom stereocenters. The molecule has 0 saturated carbocycles. The molecule has 3 aromatic rings. The summed E-state index contributed by atoms with van der Waals surface area (Å²) in [5.74, 6) is -0.702. The molecule has 1 N–H and O–H groups in total. The quantitative estimate of drug-likeness (QED) is 0.486. The first-order valence-corrected chi connectivity index (χ1v) is 8.83. The van der Waals surface area contributed by atoms with E-state index in [0.717, 1.165) is 5.69 Å². The third kappa shape index (κ3) is 4.20. The zero-order valence-corrected chi connectivity index (χ0v) is 15.8. The Morgan fingerprint density at radius 3 is 2.61 bits per heavy atom. The standard InChI is InChI=1S/C23H21NO4/c1-16(23(26)27)12-18-10-11-20(13-22(18)28-15-25)24(2)14-19-8-5-7-17-6-3-4-9-21(17)19/h3-13,15H,14H2,1-2H3,(H,26,27)/b16-12+. The van der Waals surface area contributed by atoms with Crippen molar-refractivity contribution in [1.29, 1.82) is 0 Å². The number of ether oxygens (including phenoxy) is 1. The van der Waals surface area contributed by atoms with Gasteiger partial charge in [0.1, 0.15) is 5.75 Å². The maximum atomic E-state index is 11.1. The van der Waals surface area contributed by atoms with Crippen molar-refractivity contribution in [1.82, 2.24) is 0 Å². The maximum absolute atomic E-state index is 11.1. The van der Waals surface area contributed by atoms with Gasteiger partial charge in [-0.15, -0.1) is 0 Å². The molecule has 0 aliphatic rings. The molecule has 3 aromatic carbocycles. The lowest BCUT2D eigenvalue weighted by molar-refractivity contribution is -0.132. The highest BCUT2D eigenvalue weighted by Crippen LogP contribution is 2.29. The number of hydrogen-bond donors (Lipinski definition) is 1. The first-order valence-electron chi connectivity index (χ1n) is 8.83. The van der Waals surface area contributed by atoms with Gasteiger partial charge in [-0.3, -0.25) is 4.79 Å². The van der Waals surface area contributed by atoms with Crippen molar-refractivity contribution in [2.24, 2.45) is 0 Å². The van der Waals surface area contributed by atoms with E-state index in [1.807, 2.05) is 31.3 Å². The Hall–Kier alpha value is -3.60. The van der Waals surface area contributed by atoms with Gasteiger partial charge in [0.15, 0.2) is 0 Å². The second kappa shape index (κ2) is 8.39. The molecule has 0 atom stereocenters. The smallest absolute Gasteiger partial charge is 0.331 e. The third-order valence-corrected chi connectivity index (χ3v) is 4.61. The van der Waals surface area contributed by atoms with Crippen molar-refractivity contribution in [2.45, 2.75) is 13.5 Å². The summed E-state index contributed by atoms with van der Waals surface area (Å²) in [7, 11) is 1.96. The van der Waals surface area contributed by atoms with Gasteiger partial charge in [0.2, 0.25) is 0 Å². The van der Waals surface area contributed by atoms with Crippen LogP contribution < -0.4 is 9.64 Å². The van der Waals surface area contributed by atoms with E-state index in [2.05, 4.69) is 29.2 Å². The van der Waals surface area contributed by atoms with E-state index in [1.165, 1.54) is 29.3 Å². The molecule has 142 valence electrons. The van der Waals surface area contributed by atoms with Gasteiger partial charge < -0.3 is 14.7 Å². The summed E-state index contributed by atoms with van der Waals surface area (Å²) in [4.78, 5) is 24.0. The van der Waals surface area contributed by atoms with Crippen molar-refractivity contribution in [3.05, 3.63) is 77.4 Å². The molecular weight excluding hydrogens is 354 g/mol. The lowest BCUT2D eigenvalue weighted by Gasteiger charge is -2.21. The van der Waals surface area contributed by atoms with Gasteiger partial charge in [0.25, 0.3) is 6.47 Å². The number of hydrogen-bond acceptors (Lipinski definition) is 4. The average molecular weight is 375 g/mol. The van der Waals surface area contributed by atoms with Crippen LogP contribution in [-0.4, -0.2) is 24.6 Å². The lowest BCUT2D eigenvalue weighted by Crippen LogP contribution is -2.16. The van der Waals surface area contributed by atoms with E-state index >= 15 is 0 Å². The normalized spacial score (nSPS) is 11.3. The second-order valence-electron chi connectivity index (χ2n) is 6.56. The number of carboxylic acids is 1. The van der Waals surface area contributed by atoms with Crippen LogP contribution in [0.5, 0.6) is 5.75 Å². The number of fused-ring (bicyclic) bond motifs is 1. The number of carboxylic acid groups (broad SMARTS) is 1. The first-order chi connectivity index (χ1) is 13.5. The molecule has 0 radical (unpaired) electrons. The molecule has 3 rings (SSSR count). The van der Waals surface area contributed by atoms with Crippen LogP contribution in [0.3, 0.4) is 0 Å². The van der Waals surface area contributed by atoms with E-state index < -0.39 is 5.97 Å². The zero-order valence-electron chi connectivity index (χ0n) is 15.8. The van der Waals surface area contributed by atoms with Crippen LogP contribution in [0.2, 0.25) is 0 Å². The predicted molar refractivity (Wildman–Crippen MR) is 110 cm³/mol. The number of anilines is 1. The Labute approximate surface area is 163 Å². The van der Waals surface area contributed by atoms with Crippen LogP contribution >= 0.6 is 0 Å². The zero-order chi connectivity index (χ0) is 20.1. The molecule has 5 nitrogen and oxygen atoms in total. The summed E-state index contributed by atoms with van der Waals surface area (Å²) in [6.45, 7) is 2.51. The fraction of sp³-hybridized carbons (Fsp3) is 0.130. The van der Waals surface area contributed by atoms with Crippen LogP contribution in [0.4, 0.5) is 5.69 Å². The molecule has 0 aliphatic heterocycles. The molecule has 0 aromatic heterocycles. The topological polar surface area (TPSA) is 66.8 Å². The Kier molecular flexibility index (Phi) is 5.75. The molecule has 0 spiro atoms.